The number of hydrogen-bond acceptors (Lipinski definition) is 14. The summed E-state index contributed by atoms with van der Waals surface area (Å²) < 4.78 is 5.02. The van der Waals surface area contributed by atoms with Crippen LogP contribution in [0.15, 0.2) is 44.7 Å². The summed E-state index contributed by atoms with van der Waals surface area (Å²) in [6, 6.07) is 2.89. The van der Waals surface area contributed by atoms with Crippen molar-refractivity contribution >= 4 is 75.0 Å². The monoisotopic (exact) mass is 594 g/mol. The van der Waals surface area contributed by atoms with Crippen LogP contribution < -0.4 is 11.1 Å². The third-order valence-electron chi connectivity index (χ3n) is 5.23. The minimum Gasteiger partial charge on any atom is -0.449 e. The van der Waals surface area contributed by atoms with Gasteiger partial charge < -0.3 is 30.7 Å². The quantitative estimate of drug-likeness (QED) is 0.0925. The van der Waals surface area contributed by atoms with E-state index in [1.54, 1.807) is 5.38 Å². The average molecular weight is 595 g/mol. The number of amides is 2. The van der Waals surface area contributed by atoms with E-state index in [-0.39, 0.29) is 22.4 Å². The zero-order valence-corrected chi connectivity index (χ0v) is 22.6. The summed E-state index contributed by atoms with van der Waals surface area (Å²) in [7, 11) is 1.28. The highest BCUT2D eigenvalue weighted by Crippen LogP contribution is 2.42. The molecule has 0 aromatic carbocycles. The van der Waals surface area contributed by atoms with Gasteiger partial charge in [0, 0.05) is 22.5 Å². The second-order valence-corrected chi connectivity index (χ2v) is 11.5. The SMILES string of the molecule is CON=C(C(=O)NC1C(=O)N2C(OC(=O)O)=C(CSc3nnc(-c4cccs4)[nH]3)CS[C@@H]12)c1csc(N)n1. The lowest BCUT2D eigenvalue weighted by molar-refractivity contribution is -0.148. The summed E-state index contributed by atoms with van der Waals surface area (Å²) in [5, 5.41) is 27.6. The van der Waals surface area contributed by atoms with Crippen LogP contribution in [0.25, 0.3) is 10.7 Å². The van der Waals surface area contributed by atoms with Crippen molar-refractivity contribution in [3.63, 3.8) is 0 Å². The van der Waals surface area contributed by atoms with E-state index < -0.39 is 29.4 Å². The smallest absolute Gasteiger partial charge is 0.449 e. The highest BCUT2D eigenvalue weighted by molar-refractivity contribution is 8.01. The fourth-order valence-electron chi connectivity index (χ4n) is 3.60. The fraction of sp³-hybridized carbons (Fsp3) is 0.250. The molecule has 3 aromatic heterocycles. The molecule has 18 heteroatoms. The summed E-state index contributed by atoms with van der Waals surface area (Å²) in [4.78, 5) is 51.5. The number of rotatable bonds is 9. The lowest BCUT2D eigenvalue weighted by atomic mass is 10.1. The number of fused-ring (bicyclic) bond motifs is 1. The number of aromatic amines is 1. The number of carboxylic acid groups (broad SMARTS) is 1. The Hall–Kier alpha value is -3.61. The molecule has 1 unspecified atom stereocenters. The van der Waals surface area contributed by atoms with Crippen LogP contribution in [-0.4, -0.2) is 83.9 Å². The molecule has 14 nitrogen and oxygen atoms in total. The molecular weight excluding hydrogens is 577 g/mol. The molecule has 2 amide bonds. The van der Waals surface area contributed by atoms with E-state index >= 15 is 0 Å². The summed E-state index contributed by atoms with van der Waals surface area (Å²) in [6.07, 6.45) is -1.55. The number of nitrogens with zero attached hydrogens (tertiary/aromatic N) is 5. The molecule has 5 N–H and O–H groups in total. The molecule has 0 aliphatic carbocycles. The fourth-order valence-corrected chi connectivity index (χ4v) is 7.07. The Balaban J connectivity index is 1.29. The van der Waals surface area contributed by atoms with E-state index in [9.17, 15) is 19.5 Å². The second kappa shape index (κ2) is 11.0. The Morgan fingerprint density at radius 2 is 2.24 bits per heavy atom. The molecule has 1 fully saturated rings. The third kappa shape index (κ3) is 5.19. The van der Waals surface area contributed by atoms with Crippen LogP contribution in [0.3, 0.4) is 0 Å². The van der Waals surface area contributed by atoms with Crippen LogP contribution in [0.1, 0.15) is 5.69 Å². The summed E-state index contributed by atoms with van der Waals surface area (Å²) in [5.74, 6) is 0.0180. The maximum Gasteiger partial charge on any atom is 0.512 e. The van der Waals surface area contributed by atoms with Gasteiger partial charge in [0.25, 0.3) is 11.8 Å². The molecule has 1 saturated heterocycles. The molecule has 2 aliphatic rings. The van der Waals surface area contributed by atoms with Gasteiger partial charge in [0.1, 0.15) is 24.2 Å². The van der Waals surface area contributed by atoms with Crippen LogP contribution in [0, 0.1) is 0 Å². The highest BCUT2D eigenvalue weighted by atomic mass is 32.2. The molecule has 0 bridgehead atoms. The van der Waals surface area contributed by atoms with Crippen LogP contribution in [0.2, 0.25) is 0 Å². The number of thiazole rings is 1. The van der Waals surface area contributed by atoms with Crippen molar-refractivity contribution in [2.45, 2.75) is 16.6 Å². The molecule has 3 aromatic rings. The average Bonchev–Trinajstić information content (AvgIpc) is 3.66. The molecule has 2 atom stereocenters. The molecular formula is C20H18N8O6S4. The molecule has 5 rings (SSSR count). The number of nitrogens with two attached hydrogens (primary N) is 1. The van der Waals surface area contributed by atoms with E-state index in [4.69, 9.17) is 15.3 Å². The molecule has 198 valence electrons. The number of carbonyl (C=O) groups excluding carboxylic acids is 2. The van der Waals surface area contributed by atoms with Gasteiger partial charge in [-0.1, -0.05) is 23.0 Å². The van der Waals surface area contributed by atoms with E-state index in [2.05, 4.69) is 30.6 Å². The second-order valence-electron chi connectivity index (χ2n) is 7.58. The van der Waals surface area contributed by atoms with Gasteiger partial charge in [-0.2, -0.15) is 0 Å². The minimum absolute atomic E-state index is 0.0692. The van der Waals surface area contributed by atoms with Gasteiger partial charge in [-0.15, -0.1) is 44.6 Å². The number of anilines is 1. The number of H-pyrrole nitrogens is 1. The number of hydrogen-bond donors (Lipinski definition) is 4. The van der Waals surface area contributed by atoms with Gasteiger partial charge in [0.2, 0.25) is 5.88 Å². The Kier molecular flexibility index (Phi) is 7.54. The van der Waals surface area contributed by atoms with Crippen LogP contribution in [-0.2, 0) is 19.2 Å². The Bertz CT molecular complexity index is 1430. The maximum atomic E-state index is 13.1. The van der Waals surface area contributed by atoms with Gasteiger partial charge in [-0.3, -0.25) is 14.5 Å². The first-order chi connectivity index (χ1) is 18.4. The molecule has 2 aliphatic heterocycles. The van der Waals surface area contributed by atoms with Crippen molar-refractivity contribution in [1.29, 1.82) is 0 Å². The predicted molar refractivity (Wildman–Crippen MR) is 142 cm³/mol. The number of ether oxygens (including phenoxy) is 1. The number of oxime groups is 1. The minimum atomic E-state index is -1.55. The zero-order chi connectivity index (χ0) is 26.8. The number of thioether (sulfide) groups is 2. The normalized spacial score (nSPS) is 19.1. The maximum absolute atomic E-state index is 13.1. The van der Waals surface area contributed by atoms with E-state index in [0.29, 0.717) is 28.1 Å². The molecule has 0 saturated carbocycles. The predicted octanol–water partition coefficient (Wildman–Crippen LogP) is 2.02. The van der Waals surface area contributed by atoms with E-state index in [1.165, 1.54) is 46.9 Å². The number of nitrogens with one attached hydrogen (secondary N) is 2. The van der Waals surface area contributed by atoms with Crippen molar-refractivity contribution in [2.75, 3.05) is 24.3 Å². The van der Waals surface area contributed by atoms with Crippen LogP contribution in [0.4, 0.5) is 9.93 Å². The molecule has 5 heterocycles. The topological polar surface area (TPSA) is 198 Å². The molecule has 0 spiro atoms. The van der Waals surface area contributed by atoms with Gasteiger partial charge in [0.05, 0.1) is 4.88 Å². The van der Waals surface area contributed by atoms with Crippen molar-refractivity contribution in [3.05, 3.63) is 40.0 Å². The lowest BCUT2D eigenvalue weighted by Crippen LogP contribution is -2.70. The summed E-state index contributed by atoms with van der Waals surface area (Å²) in [6.45, 7) is 0. The van der Waals surface area contributed by atoms with Gasteiger partial charge in [-0.25, -0.2) is 9.78 Å². The van der Waals surface area contributed by atoms with Crippen molar-refractivity contribution in [2.24, 2.45) is 5.16 Å². The number of thiophene rings is 1. The summed E-state index contributed by atoms with van der Waals surface area (Å²) in [5.41, 5.74) is 6.30. The third-order valence-corrected chi connectivity index (χ3v) is 9.07. The van der Waals surface area contributed by atoms with E-state index in [1.807, 2.05) is 17.5 Å². The van der Waals surface area contributed by atoms with Crippen molar-refractivity contribution in [3.8, 4) is 10.7 Å². The molecule has 38 heavy (non-hydrogen) atoms. The van der Waals surface area contributed by atoms with Gasteiger partial charge >= 0.3 is 6.16 Å². The first kappa shape index (κ1) is 26.0. The Morgan fingerprint density at radius 3 is 2.92 bits per heavy atom. The number of β-lactam (4-membered cyclic amide) rings is 1. The Morgan fingerprint density at radius 1 is 1.39 bits per heavy atom. The number of carbonyl (C=O) groups is 3. The zero-order valence-electron chi connectivity index (χ0n) is 19.3. The van der Waals surface area contributed by atoms with Crippen LogP contribution >= 0.6 is 46.2 Å². The van der Waals surface area contributed by atoms with Crippen LogP contribution in [0.5, 0.6) is 0 Å². The number of aromatic nitrogens is 4. The summed E-state index contributed by atoms with van der Waals surface area (Å²) >= 11 is 5.31. The van der Waals surface area contributed by atoms with E-state index in [0.717, 1.165) is 16.2 Å². The standard InChI is InChI=1S/C20H18N8O6S4/c1-33-27-11(9-7-37-18(21)22-9)14(29)23-12-15(30)28-16(34-20(31)32)8(5-36-17(12)28)6-38-19-24-13(25-26-19)10-3-2-4-35-10/h2-4,7,12,17H,5-6H2,1H3,(H2,21,22)(H,23,29)(H,31,32)(H,24,25,26)/t12?,17-/m0/s1. The van der Waals surface area contributed by atoms with Gasteiger partial charge in [-0.05, 0) is 11.4 Å². The first-order valence-electron chi connectivity index (χ1n) is 10.7. The number of nitrogen functional groups attached to an aromatic ring is 1. The molecule has 0 radical (unpaired) electrons. The van der Waals surface area contributed by atoms with Crippen molar-refractivity contribution in [1.82, 2.24) is 30.4 Å². The largest absolute Gasteiger partial charge is 0.512 e. The lowest BCUT2D eigenvalue weighted by Gasteiger charge is -2.49. The van der Waals surface area contributed by atoms with Gasteiger partial charge in [0.15, 0.2) is 21.8 Å². The van der Waals surface area contributed by atoms with Crippen molar-refractivity contribution < 1.29 is 29.1 Å². The Labute approximate surface area is 230 Å². The highest BCUT2D eigenvalue weighted by Gasteiger charge is 2.54. The first-order valence-corrected chi connectivity index (χ1v) is 14.4.